The van der Waals surface area contributed by atoms with Crippen LogP contribution in [-0.4, -0.2) is 19.3 Å². The summed E-state index contributed by atoms with van der Waals surface area (Å²) in [6.45, 7) is 1.77. The van der Waals surface area contributed by atoms with Gasteiger partial charge in [-0.1, -0.05) is 42.5 Å². The molecule has 2 aromatic carbocycles. The van der Waals surface area contributed by atoms with Crippen LogP contribution in [0, 0.1) is 0 Å². The molecule has 0 saturated heterocycles. The minimum atomic E-state index is -3.78. The van der Waals surface area contributed by atoms with E-state index in [4.69, 9.17) is 0 Å². The van der Waals surface area contributed by atoms with Gasteiger partial charge in [0.15, 0.2) is 0 Å². The highest BCUT2D eigenvalue weighted by molar-refractivity contribution is 7.89. The summed E-state index contributed by atoms with van der Waals surface area (Å²) >= 11 is 0. The van der Waals surface area contributed by atoms with Gasteiger partial charge in [-0.15, -0.1) is 0 Å². The van der Waals surface area contributed by atoms with E-state index >= 15 is 0 Å². The van der Waals surface area contributed by atoms with Gasteiger partial charge in [-0.25, -0.2) is 18.1 Å². The summed E-state index contributed by atoms with van der Waals surface area (Å²) < 4.78 is 28.0. The van der Waals surface area contributed by atoms with Crippen molar-refractivity contribution in [2.45, 2.75) is 17.9 Å². The quantitative estimate of drug-likeness (QED) is 0.685. The molecule has 0 radical (unpaired) electrons. The van der Waals surface area contributed by atoms with Gasteiger partial charge < -0.3 is 5.32 Å². The van der Waals surface area contributed by atoms with E-state index in [2.05, 4.69) is 15.0 Å². The number of carbonyl (C=O) groups is 1. The van der Waals surface area contributed by atoms with E-state index in [9.17, 15) is 13.2 Å². The fraction of sp³-hybridized carbons (Fsp3) is 0.100. The van der Waals surface area contributed by atoms with Crippen LogP contribution in [0.1, 0.15) is 28.9 Å². The van der Waals surface area contributed by atoms with Gasteiger partial charge in [-0.3, -0.25) is 4.79 Å². The largest absolute Gasteiger partial charge is 0.307 e. The molecule has 1 aromatic heterocycles. The van der Waals surface area contributed by atoms with Crippen LogP contribution in [0.4, 0.5) is 5.82 Å². The summed E-state index contributed by atoms with van der Waals surface area (Å²) in [4.78, 5) is 16.4. The lowest BCUT2D eigenvalue weighted by Gasteiger charge is -2.15. The highest BCUT2D eigenvalue weighted by Crippen LogP contribution is 2.18. The molecular weight excluding hydrogens is 362 g/mol. The van der Waals surface area contributed by atoms with Crippen molar-refractivity contribution in [3.8, 4) is 0 Å². The zero-order valence-electron chi connectivity index (χ0n) is 14.7. The highest BCUT2D eigenvalue weighted by Gasteiger charge is 2.19. The van der Waals surface area contributed by atoms with Crippen molar-refractivity contribution in [3.63, 3.8) is 0 Å². The Morgan fingerprint density at radius 3 is 2.41 bits per heavy atom. The third-order valence-electron chi connectivity index (χ3n) is 3.94. The van der Waals surface area contributed by atoms with E-state index in [0.29, 0.717) is 5.82 Å². The van der Waals surface area contributed by atoms with Crippen molar-refractivity contribution in [1.29, 1.82) is 0 Å². The average Bonchev–Trinajstić information content (AvgIpc) is 2.69. The van der Waals surface area contributed by atoms with Crippen LogP contribution in [0.15, 0.2) is 83.9 Å². The molecule has 0 aliphatic rings. The molecule has 2 N–H and O–H groups in total. The van der Waals surface area contributed by atoms with Gasteiger partial charge in [-0.05, 0) is 42.8 Å². The molecule has 1 amide bonds. The Morgan fingerprint density at radius 2 is 1.70 bits per heavy atom. The van der Waals surface area contributed by atoms with Crippen molar-refractivity contribution < 1.29 is 13.2 Å². The van der Waals surface area contributed by atoms with Crippen molar-refractivity contribution in [2.75, 3.05) is 5.32 Å². The summed E-state index contributed by atoms with van der Waals surface area (Å²) in [6, 6.07) is 19.9. The minimum Gasteiger partial charge on any atom is -0.307 e. The van der Waals surface area contributed by atoms with Gasteiger partial charge in [-0.2, -0.15) is 0 Å². The molecule has 1 atom stereocenters. The number of amides is 1. The van der Waals surface area contributed by atoms with Gasteiger partial charge in [0.1, 0.15) is 5.82 Å². The van der Waals surface area contributed by atoms with Gasteiger partial charge in [0.2, 0.25) is 10.0 Å². The SMILES string of the molecule is CC(NS(=O)(=O)c1cccc(C(=O)Nc2ccccn2)c1)c1ccccc1. The molecule has 7 heteroatoms. The van der Waals surface area contributed by atoms with Crippen LogP contribution in [0.3, 0.4) is 0 Å². The molecular formula is C20H19N3O3S. The third kappa shape index (κ3) is 4.78. The van der Waals surface area contributed by atoms with Gasteiger partial charge in [0, 0.05) is 17.8 Å². The number of nitrogens with zero attached hydrogens (tertiary/aromatic N) is 1. The molecule has 0 fully saturated rings. The molecule has 0 spiro atoms. The number of carbonyl (C=O) groups excluding carboxylic acids is 1. The third-order valence-corrected chi connectivity index (χ3v) is 5.48. The van der Waals surface area contributed by atoms with E-state index in [1.54, 1.807) is 37.4 Å². The summed E-state index contributed by atoms with van der Waals surface area (Å²) in [7, 11) is -3.78. The van der Waals surface area contributed by atoms with E-state index in [0.717, 1.165) is 5.56 Å². The maximum atomic E-state index is 12.7. The standard InChI is InChI=1S/C20H19N3O3S/c1-15(16-8-3-2-4-9-16)23-27(25,26)18-11-7-10-17(14-18)20(24)22-19-12-5-6-13-21-19/h2-15,23H,1H3,(H,21,22,24). The molecule has 1 heterocycles. The lowest BCUT2D eigenvalue weighted by Crippen LogP contribution is -2.27. The van der Waals surface area contributed by atoms with E-state index in [-0.39, 0.29) is 10.5 Å². The maximum absolute atomic E-state index is 12.7. The number of anilines is 1. The molecule has 0 aliphatic heterocycles. The summed E-state index contributed by atoms with van der Waals surface area (Å²) in [5, 5.41) is 2.64. The Balaban J connectivity index is 1.78. The maximum Gasteiger partial charge on any atom is 0.256 e. The Labute approximate surface area is 158 Å². The van der Waals surface area contributed by atoms with Crippen LogP contribution >= 0.6 is 0 Å². The molecule has 0 bridgehead atoms. The zero-order valence-corrected chi connectivity index (χ0v) is 15.5. The first kappa shape index (κ1) is 18.8. The Morgan fingerprint density at radius 1 is 0.963 bits per heavy atom. The van der Waals surface area contributed by atoms with Crippen molar-refractivity contribution in [2.24, 2.45) is 0 Å². The average molecular weight is 381 g/mol. The number of hydrogen-bond acceptors (Lipinski definition) is 4. The number of pyridine rings is 1. The van der Waals surface area contributed by atoms with Gasteiger partial charge in [0.25, 0.3) is 5.91 Å². The molecule has 3 aromatic rings. The summed E-state index contributed by atoms with van der Waals surface area (Å²) in [5.74, 6) is -0.0338. The Bertz CT molecular complexity index is 1020. The normalized spacial score (nSPS) is 12.3. The second-order valence-corrected chi connectivity index (χ2v) is 7.66. The van der Waals surface area contributed by atoms with E-state index < -0.39 is 22.0 Å². The van der Waals surface area contributed by atoms with E-state index in [1.165, 1.54) is 18.2 Å². The topological polar surface area (TPSA) is 88.2 Å². The zero-order chi connectivity index (χ0) is 19.3. The molecule has 0 aliphatic carbocycles. The molecule has 138 valence electrons. The number of rotatable bonds is 6. The minimum absolute atomic E-state index is 0.0268. The second kappa shape index (κ2) is 8.11. The fourth-order valence-electron chi connectivity index (χ4n) is 2.54. The summed E-state index contributed by atoms with van der Waals surface area (Å²) in [6.07, 6.45) is 1.56. The first-order chi connectivity index (χ1) is 13.0. The van der Waals surface area contributed by atoms with Gasteiger partial charge >= 0.3 is 0 Å². The van der Waals surface area contributed by atoms with Crippen LogP contribution in [0.2, 0.25) is 0 Å². The first-order valence-electron chi connectivity index (χ1n) is 8.35. The van der Waals surface area contributed by atoms with Crippen LogP contribution in [0.5, 0.6) is 0 Å². The molecule has 6 nitrogen and oxygen atoms in total. The molecule has 27 heavy (non-hydrogen) atoms. The van der Waals surface area contributed by atoms with E-state index in [1.807, 2.05) is 30.3 Å². The second-order valence-electron chi connectivity index (χ2n) is 5.95. The molecule has 3 rings (SSSR count). The molecule has 0 saturated carbocycles. The number of sulfonamides is 1. The lowest BCUT2D eigenvalue weighted by molar-refractivity contribution is 0.102. The monoisotopic (exact) mass is 381 g/mol. The van der Waals surface area contributed by atoms with Crippen molar-refractivity contribution >= 4 is 21.7 Å². The van der Waals surface area contributed by atoms with Crippen LogP contribution < -0.4 is 10.0 Å². The Kier molecular flexibility index (Phi) is 5.63. The predicted octanol–water partition coefficient (Wildman–Crippen LogP) is 3.37. The number of aromatic nitrogens is 1. The highest BCUT2D eigenvalue weighted by atomic mass is 32.2. The number of nitrogens with one attached hydrogen (secondary N) is 2. The van der Waals surface area contributed by atoms with Crippen LogP contribution in [-0.2, 0) is 10.0 Å². The lowest BCUT2D eigenvalue weighted by atomic mass is 10.1. The van der Waals surface area contributed by atoms with Crippen molar-refractivity contribution in [3.05, 3.63) is 90.1 Å². The predicted molar refractivity (Wildman–Crippen MR) is 104 cm³/mol. The Hall–Kier alpha value is -3.03. The van der Waals surface area contributed by atoms with Crippen molar-refractivity contribution in [1.82, 2.24) is 9.71 Å². The number of benzene rings is 2. The number of hydrogen-bond donors (Lipinski definition) is 2. The van der Waals surface area contributed by atoms with Crippen LogP contribution in [0.25, 0.3) is 0 Å². The first-order valence-corrected chi connectivity index (χ1v) is 9.84. The van der Waals surface area contributed by atoms with Gasteiger partial charge in [0.05, 0.1) is 4.90 Å². The smallest absolute Gasteiger partial charge is 0.256 e. The summed E-state index contributed by atoms with van der Waals surface area (Å²) in [5.41, 5.74) is 1.08. The fourth-order valence-corrected chi connectivity index (χ4v) is 3.82. The molecule has 1 unspecified atom stereocenters.